The maximum absolute atomic E-state index is 14.0. The molecular formula is C11H15FO7. The zero-order valence-electron chi connectivity index (χ0n) is 10.8. The van der Waals surface area contributed by atoms with E-state index in [-0.39, 0.29) is 6.61 Å². The molecule has 0 amide bonds. The summed E-state index contributed by atoms with van der Waals surface area (Å²) in [6.45, 7) is 3.01. The van der Waals surface area contributed by atoms with Crippen LogP contribution in [-0.2, 0) is 33.3 Å². The lowest BCUT2D eigenvalue weighted by Gasteiger charge is -2.18. The van der Waals surface area contributed by atoms with E-state index in [0.717, 1.165) is 20.8 Å². The van der Waals surface area contributed by atoms with Crippen LogP contribution in [0.3, 0.4) is 0 Å². The van der Waals surface area contributed by atoms with E-state index in [1.54, 1.807) is 0 Å². The molecule has 0 aromatic carbocycles. The van der Waals surface area contributed by atoms with Gasteiger partial charge in [0.2, 0.25) is 6.29 Å². The predicted octanol–water partition coefficient (Wildman–Crippen LogP) is 0.107. The Balaban J connectivity index is 2.70. The highest BCUT2D eigenvalue weighted by Crippen LogP contribution is 2.28. The van der Waals surface area contributed by atoms with Crippen molar-refractivity contribution in [3.8, 4) is 0 Å². The minimum Gasteiger partial charge on any atom is -0.463 e. The van der Waals surface area contributed by atoms with E-state index in [9.17, 15) is 18.8 Å². The zero-order valence-corrected chi connectivity index (χ0v) is 10.8. The Morgan fingerprint density at radius 2 is 1.63 bits per heavy atom. The molecule has 8 heteroatoms. The topological polar surface area (TPSA) is 88.1 Å². The highest BCUT2D eigenvalue weighted by molar-refractivity contribution is 5.67. The monoisotopic (exact) mass is 278 g/mol. The van der Waals surface area contributed by atoms with E-state index >= 15 is 0 Å². The second kappa shape index (κ2) is 6.46. The van der Waals surface area contributed by atoms with Gasteiger partial charge in [-0.3, -0.25) is 14.4 Å². The lowest BCUT2D eigenvalue weighted by Crippen LogP contribution is -2.36. The number of ether oxygens (including phenoxy) is 4. The van der Waals surface area contributed by atoms with Crippen molar-refractivity contribution in [3.63, 3.8) is 0 Å². The number of hydrogen-bond donors (Lipinski definition) is 0. The molecule has 0 aliphatic carbocycles. The van der Waals surface area contributed by atoms with Crippen LogP contribution in [0.15, 0.2) is 0 Å². The molecule has 1 fully saturated rings. The molecule has 0 aromatic rings. The van der Waals surface area contributed by atoms with Crippen molar-refractivity contribution in [2.75, 3.05) is 6.61 Å². The quantitative estimate of drug-likeness (QED) is 0.532. The normalized spacial score (nSPS) is 29.7. The fourth-order valence-corrected chi connectivity index (χ4v) is 1.59. The largest absolute Gasteiger partial charge is 0.463 e. The summed E-state index contributed by atoms with van der Waals surface area (Å²) in [6.07, 6.45) is -5.64. The lowest BCUT2D eigenvalue weighted by atomic mass is 10.2. The number of carbonyl (C=O) groups excluding carboxylic acids is 3. The van der Waals surface area contributed by atoms with Crippen LogP contribution < -0.4 is 0 Å². The predicted molar refractivity (Wildman–Crippen MR) is 57.5 cm³/mol. The van der Waals surface area contributed by atoms with Crippen molar-refractivity contribution in [1.82, 2.24) is 0 Å². The molecule has 1 aliphatic rings. The SMILES string of the molecule is CC(=O)OC[C@H]1OC(OC(C)=O)C(OC(C)=O)[C@H]1F. The van der Waals surface area contributed by atoms with Crippen LogP contribution in [0.5, 0.6) is 0 Å². The summed E-state index contributed by atoms with van der Waals surface area (Å²) >= 11 is 0. The number of carbonyl (C=O) groups is 3. The van der Waals surface area contributed by atoms with Gasteiger partial charge in [0, 0.05) is 20.8 Å². The molecule has 0 spiro atoms. The molecule has 0 N–H and O–H groups in total. The lowest BCUT2D eigenvalue weighted by molar-refractivity contribution is -0.196. The van der Waals surface area contributed by atoms with Crippen LogP contribution in [-0.4, -0.2) is 49.2 Å². The molecule has 2 unspecified atom stereocenters. The van der Waals surface area contributed by atoms with Gasteiger partial charge in [-0.25, -0.2) is 4.39 Å². The molecule has 1 heterocycles. The van der Waals surface area contributed by atoms with E-state index in [0.29, 0.717) is 0 Å². The zero-order chi connectivity index (χ0) is 14.6. The summed E-state index contributed by atoms with van der Waals surface area (Å²) in [4.78, 5) is 32.4. The molecule has 1 saturated heterocycles. The Hall–Kier alpha value is -1.70. The smallest absolute Gasteiger partial charge is 0.305 e. The fraction of sp³-hybridized carbons (Fsp3) is 0.727. The second-order valence-electron chi connectivity index (χ2n) is 3.97. The van der Waals surface area contributed by atoms with Gasteiger partial charge in [-0.05, 0) is 0 Å². The summed E-state index contributed by atoms with van der Waals surface area (Å²) in [5.41, 5.74) is 0. The summed E-state index contributed by atoms with van der Waals surface area (Å²) < 4.78 is 33.1. The van der Waals surface area contributed by atoms with Crippen LogP contribution in [0.25, 0.3) is 0 Å². The van der Waals surface area contributed by atoms with Crippen molar-refractivity contribution in [2.45, 2.75) is 45.4 Å². The summed E-state index contributed by atoms with van der Waals surface area (Å²) in [7, 11) is 0. The minimum atomic E-state index is -1.76. The molecule has 0 saturated carbocycles. The maximum Gasteiger partial charge on any atom is 0.305 e. The Kier molecular flexibility index (Phi) is 5.22. The van der Waals surface area contributed by atoms with Crippen molar-refractivity contribution in [3.05, 3.63) is 0 Å². The van der Waals surface area contributed by atoms with Gasteiger partial charge in [0.25, 0.3) is 0 Å². The maximum atomic E-state index is 14.0. The van der Waals surface area contributed by atoms with Crippen molar-refractivity contribution < 1.29 is 37.7 Å². The van der Waals surface area contributed by atoms with E-state index in [1.165, 1.54) is 0 Å². The van der Waals surface area contributed by atoms with Crippen LogP contribution in [0, 0.1) is 0 Å². The summed E-state index contributed by atoms with van der Waals surface area (Å²) in [6, 6.07) is 0. The van der Waals surface area contributed by atoms with E-state index in [4.69, 9.17) is 14.2 Å². The van der Waals surface area contributed by atoms with Crippen molar-refractivity contribution in [1.29, 1.82) is 0 Å². The molecule has 7 nitrogen and oxygen atoms in total. The number of esters is 3. The molecule has 0 bridgehead atoms. The standard InChI is InChI=1S/C11H15FO7/c1-5(13)16-4-8-9(12)10(17-6(2)14)11(19-8)18-7(3)15/h8-11H,4H2,1-3H3/t8-,9+,10?,11?/m1/s1. The first-order valence-electron chi connectivity index (χ1n) is 5.58. The van der Waals surface area contributed by atoms with Gasteiger partial charge >= 0.3 is 17.9 Å². The van der Waals surface area contributed by atoms with Gasteiger partial charge in [-0.15, -0.1) is 0 Å². The number of hydrogen-bond acceptors (Lipinski definition) is 7. The minimum absolute atomic E-state index is 0.355. The third kappa shape index (κ3) is 4.47. The van der Waals surface area contributed by atoms with Gasteiger partial charge in [-0.1, -0.05) is 0 Å². The molecule has 19 heavy (non-hydrogen) atoms. The highest BCUT2D eigenvalue weighted by atomic mass is 19.1. The van der Waals surface area contributed by atoms with Gasteiger partial charge < -0.3 is 18.9 Å². The third-order valence-electron chi connectivity index (χ3n) is 2.28. The van der Waals surface area contributed by atoms with Gasteiger partial charge in [0.15, 0.2) is 12.3 Å². The van der Waals surface area contributed by atoms with Crippen LogP contribution in [0.1, 0.15) is 20.8 Å². The Bertz CT molecular complexity index is 370. The van der Waals surface area contributed by atoms with E-state index in [1.807, 2.05) is 0 Å². The molecule has 4 atom stereocenters. The Morgan fingerprint density at radius 1 is 1.05 bits per heavy atom. The van der Waals surface area contributed by atoms with Crippen LogP contribution in [0.2, 0.25) is 0 Å². The number of rotatable bonds is 4. The van der Waals surface area contributed by atoms with Gasteiger partial charge in [0.05, 0.1) is 0 Å². The van der Waals surface area contributed by atoms with Gasteiger partial charge in [-0.2, -0.15) is 0 Å². The van der Waals surface area contributed by atoms with Crippen molar-refractivity contribution >= 4 is 17.9 Å². The van der Waals surface area contributed by atoms with E-state index in [2.05, 4.69) is 4.74 Å². The fourth-order valence-electron chi connectivity index (χ4n) is 1.59. The molecule has 108 valence electrons. The highest BCUT2D eigenvalue weighted by Gasteiger charge is 2.49. The average molecular weight is 278 g/mol. The molecule has 0 aromatic heterocycles. The first kappa shape index (κ1) is 15.4. The Labute approximate surface area is 108 Å². The second-order valence-corrected chi connectivity index (χ2v) is 3.97. The third-order valence-corrected chi connectivity index (χ3v) is 2.28. The first-order chi connectivity index (χ1) is 8.81. The van der Waals surface area contributed by atoms with Crippen LogP contribution >= 0.6 is 0 Å². The molecule has 0 radical (unpaired) electrons. The molecule has 1 aliphatic heterocycles. The van der Waals surface area contributed by atoms with Crippen molar-refractivity contribution in [2.24, 2.45) is 0 Å². The molecule has 1 rings (SSSR count). The summed E-state index contributed by atoms with van der Waals surface area (Å²) in [5.74, 6) is -2.04. The first-order valence-corrected chi connectivity index (χ1v) is 5.58. The summed E-state index contributed by atoms with van der Waals surface area (Å²) in [5, 5.41) is 0. The Morgan fingerprint density at radius 3 is 2.11 bits per heavy atom. The van der Waals surface area contributed by atoms with Gasteiger partial charge in [0.1, 0.15) is 12.7 Å². The number of alkyl halides is 1. The number of halogens is 1. The van der Waals surface area contributed by atoms with Crippen LogP contribution in [0.4, 0.5) is 4.39 Å². The van der Waals surface area contributed by atoms with E-state index < -0.39 is 42.6 Å². The molecular weight excluding hydrogens is 263 g/mol. The average Bonchev–Trinajstić information content (AvgIpc) is 2.53.